The summed E-state index contributed by atoms with van der Waals surface area (Å²) in [6.45, 7) is 7.38. The van der Waals surface area contributed by atoms with E-state index < -0.39 is 0 Å². The number of aromatic nitrogens is 2. The third-order valence-electron chi connectivity index (χ3n) is 5.83. The van der Waals surface area contributed by atoms with Gasteiger partial charge in [-0.3, -0.25) is 14.7 Å². The first kappa shape index (κ1) is 25.3. The number of hydrogen-bond donors (Lipinski definition) is 2. The molecule has 0 spiro atoms. The summed E-state index contributed by atoms with van der Waals surface area (Å²) in [4.78, 5) is 24.0. The van der Waals surface area contributed by atoms with Crippen LogP contribution in [0.3, 0.4) is 0 Å². The predicted molar refractivity (Wildman–Crippen MR) is 146 cm³/mol. The summed E-state index contributed by atoms with van der Waals surface area (Å²) in [7, 11) is 0. The van der Waals surface area contributed by atoms with Crippen LogP contribution in [0.25, 0.3) is 21.3 Å². The third-order valence-corrected chi connectivity index (χ3v) is 6.83. The van der Waals surface area contributed by atoms with Crippen molar-refractivity contribution >= 4 is 27.5 Å². The Morgan fingerprint density at radius 1 is 1.11 bits per heavy atom. The topological polar surface area (TPSA) is 93.4 Å². The van der Waals surface area contributed by atoms with Crippen LogP contribution < -0.4 is 15.8 Å². The Kier molecular flexibility index (Phi) is 9.02. The number of fused-ring (bicyclic) bond motifs is 1. The molecule has 0 saturated carbocycles. The lowest BCUT2D eigenvalue weighted by Crippen LogP contribution is -2.25. The molecule has 2 aromatic carbocycles. The van der Waals surface area contributed by atoms with Crippen molar-refractivity contribution in [3.05, 3.63) is 90.3 Å². The summed E-state index contributed by atoms with van der Waals surface area (Å²) in [6.07, 6.45) is 7.33. The van der Waals surface area contributed by atoms with E-state index in [2.05, 4.69) is 38.6 Å². The van der Waals surface area contributed by atoms with Crippen molar-refractivity contribution in [3.8, 4) is 16.9 Å². The maximum absolute atomic E-state index is 12.8. The highest BCUT2D eigenvalue weighted by Crippen LogP contribution is 2.35. The fourth-order valence-electron chi connectivity index (χ4n) is 4.06. The van der Waals surface area contributed by atoms with Crippen molar-refractivity contribution in [3.63, 3.8) is 0 Å². The van der Waals surface area contributed by atoms with E-state index in [1.807, 2.05) is 48.5 Å². The summed E-state index contributed by atoms with van der Waals surface area (Å²) >= 11 is 1.39. The van der Waals surface area contributed by atoms with Gasteiger partial charge in [-0.2, -0.15) is 0 Å². The minimum Gasteiger partial charge on any atom is -0.490 e. The maximum atomic E-state index is 12.8. The average molecular weight is 502 g/mol. The SMILES string of the molecule is C=CN.O=C(NCc1ccccc1)c1nc2c(OCCN3CCCC3)cc(-c3ccncc3)cc2s1. The molecule has 1 amide bonds. The Bertz CT molecular complexity index is 1270. The number of hydrogen-bond acceptors (Lipinski definition) is 7. The molecule has 0 unspecified atom stereocenters. The Balaban J connectivity index is 0.000000967. The molecular weight excluding hydrogens is 470 g/mol. The minimum atomic E-state index is -0.173. The zero-order valence-electron chi connectivity index (χ0n) is 20.2. The molecule has 1 saturated heterocycles. The number of pyridine rings is 1. The molecular formula is C28H31N5O2S. The molecule has 5 rings (SSSR count). The minimum absolute atomic E-state index is 0.173. The quantitative estimate of drug-likeness (QED) is 0.358. The molecule has 1 fully saturated rings. The summed E-state index contributed by atoms with van der Waals surface area (Å²) < 4.78 is 7.16. The summed E-state index contributed by atoms with van der Waals surface area (Å²) in [5.41, 5.74) is 8.49. The van der Waals surface area contributed by atoms with E-state index in [-0.39, 0.29) is 5.91 Å². The fourth-order valence-corrected chi connectivity index (χ4v) is 5.00. The molecule has 3 N–H and O–H groups in total. The van der Waals surface area contributed by atoms with Crippen LogP contribution in [-0.4, -0.2) is 47.0 Å². The first-order chi connectivity index (χ1) is 17.7. The standard InChI is InChI=1S/C26H26N4O2S.C2H5N/c31-25(28-18-19-6-2-1-3-7-19)26-29-24-22(32-15-14-30-12-4-5-13-30)16-21(17-23(24)33-26)20-8-10-27-11-9-20;1-2-3/h1-3,6-11,16-17H,4-5,12-15,18H2,(H,28,31);2H,1,3H2. The van der Waals surface area contributed by atoms with Gasteiger partial charge in [0.2, 0.25) is 0 Å². The molecule has 7 nitrogen and oxygen atoms in total. The van der Waals surface area contributed by atoms with Crippen LogP contribution in [0, 0.1) is 0 Å². The second-order valence-electron chi connectivity index (χ2n) is 8.38. The van der Waals surface area contributed by atoms with E-state index in [1.54, 1.807) is 12.4 Å². The molecule has 36 heavy (non-hydrogen) atoms. The number of rotatable bonds is 8. The largest absolute Gasteiger partial charge is 0.490 e. The van der Waals surface area contributed by atoms with Crippen LogP contribution in [0.15, 0.2) is 79.8 Å². The highest BCUT2D eigenvalue weighted by Gasteiger charge is 2.18. The number of carbonyl (C=O) groups is 1. The lowest BCUT2D eigenvalue weighted by Gasteiger charge is -2.15. The monoisotopic (exact) mass is 501 g/mol. The van der Waals surface area contributed by atoms with Gasteiger partial charge in [0.05, 0.1) is 4.70 Å². The van der Waals surface area contributed by atoms with E-state index in [9.17, 15) is 4.79 Å². The fraction of sp³-hybridized carbons (Fsp3) is 0.250. The number of benzene rings is 2. The normalized spacial score (nSPS) is 13.1. The van der Waals surface area contributed by atoms with Crippen LogP contribution in [0.1, 0.15) is 28.2 Å². The Labute approximate surface area is 215 Å². The van der Waals surface area contributed by atoms with Crippen molar-refractivity contribution in [2.45, 2.75) is 19.4 Å². The van der Waals surface area contributed by atoms with Crippen LogP contribution in [-0.2, 0) is 6.54 Å². The van der Waals surface area contributed by atoms with Gasteiger partial charge in [0.15, 0.2) is 5.01 Å². The number of carbonyl (C=O) groups excluding carboxylic acids is 1. The zero-order chi connectivity index (χ0) is 25.2. The predicted octanol–water partition coefficient (Wildman–Crippen LogP) is 4.85. The van der Waals surface area contributed by atoms with Gasteiger partial charge in [0.25, 0.3) is 5.91 Å². The van der Waals surface area contributed by atoms with E-state index in [0.29, 0.717) is 18.2 Å². The number of likely N-dealkylation sites (tertiary alicyclic amines) is 1. The Hall–Kier alpha value is -3.75. The second-order valence-corrected chi connectivity index (χ2v) is 9.41. The van der Waals surface area contributed by atoms with Crippen molar-refractivity contribution in [2.75, 3.05) is 26.2 Å². The van der Waals surface area contributed by atoms with Crippen molar-refractivity contribution in [1.82, 2.24) is 20.2 Å². The molecule has 0 radical (unpaired) electrons. The molecule has 1 aliphatic heterocycles. The van der Waals surface area contributed by atoms with Gasteiger partial charge in [0.1, 0.15) is 17.9 Å². The molecule has 1 aliphatic rings. The highest BCUT2D eigenvalue weighted by molar-refractivity contribution is 7.20. The smallest absolute Gasteiger partial charge is 0.280 e. The van der Waals surface area contributed by atoms with Gasteiger partial charge in [-0.15, -0.1) is 11.3 Å². The Morgan fingerprint density at radius 2 is 1.83 bits per heavy atom. The van der Waals surface area contributed by atoms with Crippen molar-refractivity contribution in [2.24, 2.45) is 5.73 Å². The second kappa shape index (κ2) is 12.8. The number of nitrogens with zero attached hydrogens (tertiary/aromatic N) is 3. The molecule has 2 aromatic heterocycles. The molecule has 8 heteroatoms. The molecule has 0 aliphatic carbocycles. The molecule has 0 atom stereocenters. The van der Waals surface area contributed by atoms with E-state index in [0.717, 1.165) is 52.3 Å². The molecule has 0 bridgehead atoms. The number of nitrogens with two attached hydrogens (primary N) is 1. The van der Waals surface area contributed by atoms with Crippen molar-refractivity contribution < 1.29 is 9.53 Å². The Morgan fingerprint density at radius 3 is 2.56 bits per heavy atom. The van der Waals surface area contributed by atoms with Gasteiger partial charge in [-0.1, -0.05) is 36.9 Å². The van der Waals surface area contributed by atoms with Crippen LogP contribution in [0.2, 0.25) is 0 Å². The molecule has 3 heterocycles. The van der Waals surface area contributed by atoms with E-state index in [4.69, 9.17) is 4.74 Å². The first-order valence-corrected chi connectivity index (χ1v) is 12.8. The number of amides is 1. The first-order valence-electron chi connectivity index (χ1n) is 12.0. The van der Waals surface area contributed by atoms with Crippen LogP contribution in [0.5, 0.6) is 5.75 Å². The number of nitrogens with one attached hydrogen (secondary N) is 1. The third kappa shape index (κ3) is 6.68. The van der Waals surface area contributed by atoms with Gasteiger partial charge in [-0.05, 0) is 73.1 Å². The maximum Gasteiger partial charge on any atom is 0.280 e. The van der Waals surface area contributed by atoms with Crippen LogP contribution >= 0.6 is 11.3 Å². The van der Waals surface area contributed by atoms with Gasteiger partial charge >= 0.3 is 0 Å². The zero-order valence-corrected chi connectivity index (χ0v) is 21.0. The number of ether oxygens (including phenoxy) is 1. The lowest BCUT2D eigenvalue weighted by molar-refractivity contribution is 0.0950. The number of thiazole rings is 1. The summed E-state index contributed by atoms with van der Waals surface area (Å²) in [6, 6.07) is 17.9. The van der Waals surface area contributed by atoms with Crippen molar-refractivity contribution in [1.29, 1.82) is 0 Å². The van der Waals surface area contributed by atoms with Crippen LogP contribution in [0.4, 0.5) is 0 Å². The lowest BCUT2D eigenvalue weighted by atomic mass is 10.1. The summed E-state index contributed by atoms with van der Waals surface area (Å²) in [5, 5.41) is 3.42. The average Bonchev–Trinajstić information content (AvgIpc) is 3.59. The summed E-state index contributed by atoms with van der Waals surface area (Å²) in [5.74, 6) is 0.547. The van der Waals surface area contributed by atoms with E-state index >= 15 is 0 Å². The molecule has 4 aromatic rings. The highest BCUT2D eigenvalue weighted by atomic mass is 32.1. The van der Waals surface area contributed by atoms with Gasteiger partial charge in [0, 0.05) is 25.5 Å². The van der Waals surface area contributed by atoms with E-state index in [1.165, 1.54) is 30.4 Å². The van der Waals surface area contributed by atoms with Gasteiger partial charge < -0.3 is 15.8 Å². The van der Waals surface area contributed by atoms with Gasteiger partial charge in [-0.25, -0.2) is 4.98 Å². The molecule has 186 valence electrons.